The molecule has 1 heterocycles. The molecule has 1 aromatic carbocycles. The molecule has 20 heavy (non-hydrogen) atoms. The average molecular weight is 340 g/mol. The molecular formula is C15H19BrFN3. The van der Waals surface area contributed by atoms with Gasteiger partial charge < -0.3 is 5.32 Å². The largest absolute Gasteiger partial charge is 0.310 e. The third-order valence-corrected chi connectivity index (χ3v) is 3.96. The van der Waals surface area contributed by atoms with E-state index >= 15 is 0 Å². The molecule has 3 nitrogen and oxygen atoms in total. The van der Waals surface area contributed by atoms with Gasteiger partial charge in [0, 0.05) is 23.8 Å². The van der Waals surface area contributed by atoms with E-state index in [1.807, 2.05) is 30.2 Å². The number of nitrogens with one attached hydrogen (secondary N) is 1. The minimum Gasteiger partial charge on any atom is -0.310 e. The van der Waals surface area contributed by atoms with Crippen molar-refractivity contribution in [1.82, 2.24) is 15.1 Å². The van der Waals surface area contributed by atoms with Gasteiger partial charge in [-0.25, -0.2) is 4.39 Å². The van der Waals surface area contributed by atoms with Crippen LogP contribution in [0.4, 0.5) is 4.39 Å². The average Bonchev–Trinajstić information content (AvgIpc) is 2.81. The Hall–Kier alpha value is -1.20. The van der Waals surface area contributed by atoms with Gasteiger partial charge >= 0.3 is 0 Å². The van der Waals surface area contributed by atoms with Crippen LogP contribution in [0.5, 0.6) is 0 Å². The lowest BCUT2D eigenvalue weighted by molar-refractivity contribution is 0.512. The molecule has 1 atom stereocenters. The van der Waals surface area contributed by atoms with E-state index in [4.69, 9.17) is 0 Å². The van der Waals surface area contributed by atoms with Crippen LogP contribution in [0, 0.1) is 5.82 Å². The minimum absolute atomic E-state index is 0.204. The number of aryl methyl sites for hydroxylation is 2. The van der Waals surface area contributed by atoms with E-state index in [9.17, 15) is 4.39 Å². The van der Waals surface area contributed by atoms with Gasteiger partial charge in [-0.3, -0.25) is 4.68 Å². The maximum absolute atomic E-state index is 13.2. The van der Waals surface area contributed by atoms with E-state index < -0.39 is 0 Å². The van der Waals surface area contributed by atoms with Crippen LogP contribution < -0.4 is 5.32 Å². The molecular weight excluding hydrogens is 321 g/mol. The van der Waals surface area contributed by atoms with Crippen LogP contribution in [0.25, 0.3) is 0 Å². The number of hydrogen-bond acceptors (Lipinski definition) is 2. The molecule has 0 saturated heterocycles. The number of benzene rings is 1. The van der Waals surface area contributed by atoms with Crippen LogP contribution in [0.1, 0.15) is 30.5 Å². The van der Waals surface area contributed by atoms with Crippen molar-refractivity contribution in [2.75, 3.05) is 6.54 Å². The van der Waals surface area contributed by atoms with E-state index in [0.29, 0.717) is 0 Å². The maximum Gasteiger partial charge on any atom is 0.124 e. The summed E-state index contributed by atoms with van der Waals surface area (Å²) in [6.07, 6.45) is 5.81. The van der Waals surface area contributed by atoms with Crippen LogP contribution >= 0.6 is 15.9 Å². The van der Waals surface area contributed by atoms with Gasteiger partial charge in [-0.15, -0.1) is 0 Å². The first-order chi connectivity index (χ1) is 9.60. The normalized spacial score (nSPS) is 12.6. The van der Waals surface area contributed by atoms with Crippen molar-refractivity contribution in [2.45, 2.75) is 25.8 Å². The summed E-state index contributed by atoms with van der Waals surface area (Å²) in [7, 11) is 1.92. The summed E-state index contributed by atoms with van der Waals surface area (Å²) < 4.78 is 15.8. The van der Waals surface area contributed by atoms with Crippen LogP contribution in [-0.2, 0) is 13.5 Å². The highest BCUT2D eigenvalue weighted by molar-refractivity contribution is 9.10. The van der Waals surface area contributed by atoms with Crippen LogP contribution in [0.15, 0.2) is 35.1 Å². The quantitative estimate of drug-likeness (QED) is 0.871. The first kappa shape index (κ1) is 15.2. The fourth-order valence-corrected chi connectivity index (χ4v) is 2.94. The molecule has 5 heteroatoms. The van der Waals surface area contributed by atoms with E-state index in [2.05, 4.69) is 33.3 Å². The third kappa shape index (κ3) is 3.90. The van der Waals surface area contributed by atoms with E-state index in [0.717, 1.165) is 29.4 Å². The molecule has 0 saturated carbocycles. The summed E-state index contributed by atoms with van der Waals surface area (Å²) in [5.74, 6) is -0.219. The molecule has 2 aromatic rings. The van der Waals surface area contributed by atoms with Gasteiger partial charge in [0.15, 0.2) is 0 Å². The van der Waals surface area contributed by atoms with Crippen molar-refractivity contribution in [3.05, 3.63) is 52.0 Å². The van der Waals surface area contributed by atoms with E-state index in [-0.39, 0.29) is 11.9 Å². The Morgan fingerprint density at radius 2 is 2.25 bits per heavy atom. The van der Waals surface area contributed by atoms with Gasteiger partial charge in [0.1, 0.15) is 5.82 Å². The Kier molecular flexibility index (Phi) is 5.31. The molecule has 0 spiro atoms. The fraction of sp³-hybridized carbons (Fsp3) is 0.400. The van der Waals surface area contributed by atoms with Crippen molar-refractivity contribution in [2.24, 2.45) is 7.05 Å². The Balaban J connectivity index is 2.09. The lowest BCUT2D eigenvalue weighted by atomic mass is 10.00. The first-order valence-electron chi connectivity index (χ1n) is 6.76. The van der Waals surface area contributed by atoms with Gasteiger partial charge in [-0.05, 0) is 42.6 Å². The molecule has 0 bridgehead atoms. The number of hydrogen-bond donors (Lipinski definition) is 1. The zero-order valence-corrected chi connectivity index (χ0v) is 13.3. The monoisotopic (exact) mass is 339 g/mol. The molecule has 0 amide bonds. The second kappa shape index (κ2) is 6.99. The van der Waals surface area contributed by atoms with Crippen molar-refractivity contribution >= 4 is 15.9 Å². The first-order valence-corrected chi connectivity index (χ1v) is 7.55. The molecule has 1 unspecified atom stereocenters. The molecule has 0 aliphatic carbocycles. The highest BCUT2D eigenvalue weighted by Gasteiger charge is 2.14. The summed E-state index contributed by atoms with van der Waals surface area (Å²) in [6.45, 7) is 2.95. The Labute approximate surface area is 127 Å². The Morgan fingerprint density at radius 3 is 2.85 bits per heavy atom. The van der Waals surface area contributed by atoms with Crippen molar-refractivity contribution in [3.8, 4) is 0 Å². The summed E-state index contributed by atoms with van der Waals surface area (Å²) in [5.41, 5.74) is 2.31. The fourth-order valence-electron chi connectivity index (χ4n) is 2.31. The standard InChI is InChI=1S/C15H19BrFN3/c1-3-18-15(7-4-11-9-19-20(2)10-11)13-6-5-12(17)8-14(13)16/h5-6,8-10,15,18H,3-4,7H2,1-2H3. The lowest BCUT2D eigenvalue weighted by Crippen LogP contribution is -2.22. The van der Waals surface area contributed by atoms with Crippen molar-refractivity contribution in [1.29, 1.82) is 0 Å². The summed E-state index contributed by atoms with van der Waals surface area (Å²) >= 11 is 3.45. The van der Waals surface area contributed by atoms with Gasteiger partial charge in [0.25, 0.3) is 0 Å². The number of nitrogens with zero attached hydrogens (tertiary/aromatic N) is 2. The lowest BCUT2D eigenvalue weighted by Gasteiger charge is -2.19. The number of rotatable bonds is 6. The zero-order valence-electron chi connectivity index (χ0n) is 11.7. The maximum atomic E-state index is 13.2. The highest BCUT2D eigenvalue weighted by Crippen LogP contribution is 2.27. The second-order valence-corrected chi connectivity index (χ2v) is 5.69. The molecule has 2 rings (SSSR count). The molecule has 0 aliphatic heterocycles. The second-order valence-electron chi connectivity index (χ2n) is 4.84. The van der Waals surface area contributed by atoms with Crippen LogP contribution in [-0.4, -0.2) is 16.3 Å². The smallest absolute Gasteiger partial charge is 0.124 e. The summed E-state index contributed by atoms with van der Waals surface area (Å²) in [5, 5.41) is 7.64. The molecule has 0 aliphatic rings. The summed E-state index contributed by atoms with van der Waals surface area (Å²) in [6, 6.07) is 5.07. The Bertz CT molecular complexity index is 568. The van der Waals surface area contributed by atoms with E-state index in [1.165, 1.54) is 17.7 Å². The topological polar surface area (TPSA) is 29.9 Å². The third-order valence-electron chi connectivity index (χ3n) is 3.27. The molecule has 1 aromatic heterocycles. The molecule has 0 radical (unpaired) electrons. The van der Waals surface area contributed by atoms with Crippen LogP contribution in [0.2, 0.25) is 0 Å². The zero-order chi connectivity index (χ0) is 14.5. The predicted octanol–water partition coefficient (Wildman–Crippen LogP) is 3.61. The van der Waals surface area contributed by atoms with Gasteiger partial charge in [-0.2, -0.15) is 5.10 Å². The minimum atomic E-state index is -0.219. The summed E-state index contributed by atoms with van der Waals surface area (Å²) in [4.78, 5) is 0. The van der Waals surface area contributed by atoms with Crippen molar-refractivity contribution in [3.63, 3.8) is 0 Å². The van der Waals surface area contributed by atoms with Gasteiger partial charge in [0.05, 0.1) is 6.20 Å². The van der Waals surface area contributed by atoms with Crippen molar-refractivity contribution < 1.29 is 4.39 Å². The van der Waals surface area contributed by atoms with E-state index in [1.54, 1.807) is 0 Å². The molecule has 1 N–H and O–H groups in total. The van der Waals surface area contributed by atoms with Gasteiger partial charge in [-0.1, -0.05) is 28.9 Å². The van der Waals surface area contributed by atoms with Crippen LogP contribution in [0.3, 0.4) is 0 Å². The molecule has 108 valence electrons. The SMILES string of the molecule is CCNC(CCc1cnn(C)c1)c1ccc(F)cc1Br. The number of aromatic nitrogens is 2. The Morgan fingerprint density at radius 1 is 1.45 bits per heavy atom. The van der Waals surface area contributed by atoms with Gasteiger partial charge in [0.2, 0.25) is 0 Å². The number of halogens is 2. The molecule has 0 fully saturated rings. The predicted molar refractivity (Wildman–Crippen MR) is 82.0 cm³/mol. The highest BCUT2D eigenvalue weighted by atomic mass is 79.9.